The van der Waals surface area contributed by atoms with Gasteiger partial charge in [0.05, 0.1) is 12.7 Å². The third kappa shape index (κ3) is 3.38. The fourth-order valence-corrected chi connectivity index (χ4v) is 1.44. The quantitative estimate of drug-likeness (QED) is 0.630. The molecule has 0 N–H and O–H groups in total. The number of aryl methyl sites for hydroxylation is 1. The maximum absolute atomic E-state index is 11.1. The van der Waals surface area contributed by atoms with E-state index < -0.39 is 5.97 Å². The predicted molar refractivity (Wildman–Crippen MR) is 65.5 cm³/mol. The largest absolute Gasteiger partial charge is 0.488 e. The van der Waals surface area contributed by atoms with Crippen molar-refractivity contribution in [2.24, 2.45) is 0 Å². The van der Waals surface area contributed by atoms with Gasteiger partial charge >= 0.3 is 5.97 Å². The minimum absolute atomic E-state index is 0.129. The van der Waals surface area contributed by atoms with Crippen molar-refractivity contribution in [3.63, 3.8) is 0 Å². The van der Waals surface area contributed by atoms with E-state index in [1.54, 1.807) is 0 Å². The molecular weight excluding hydrogens is 272 g/mol. The van der Waals surface area contributed by atoms with Crippen LogP contribution in [0.5, 0.6) is 5.75 Å². The molecule has 0 aliphatic rings. The third-order valence-corrected chi connectivity index (χ3v) is 2.52. The van der Waals surface area contributed by atoms with Crippen LogP contribution in [0.2, 0.25) is 0 Å². The lowest BCUT2D eigenvalue weighted by molar-refractivity contribution is -0.136. The summed E-state index contributed by atoms with van der Waals surface area (Å²) in [4.78, 5) is 11.1. The van der Waals surface area contributed by atoms with E-state index >= 15 is 0 Å². The summed E-state index contributed by atoms with van der Waals surface area (Å²) in [6.07, 6.45) is 0. The predicted octanol–water partition coefficient (Wildman–Crippen LogP) is 2.87. The summed E-state index contributed by atoms with van der Waals surface area (Å²) in [5, 5.41) is 0. The van der Waals surface area contributed by atoms with E-state index in [9.17, 15) is 4.79 Å². The molecule has 0 unspecified atom stereocenters. The highest BCUT2D eigenvalue weighted by Crippen LogP contribution is 2.23. The van der Waals surface area contributed by atoms with Gasteiger partial charge in [0, 0.05) is 4.47 Å². The van der Waals surface area contributed by atoms with Crippen LogP contribution >= 0.6 is 15.9 Å². The minimum atomic E-state index is -0.451. The smallest absolute Gasteiger partial charge is 0.336 e. The molecular formula is C12H13BrO3. The zero-order valence-corrected chi connectivity index (χ0v) is 10.8. The zero-order valence-electron chi connectivity index (χ0n) is 9.25. The molecule has 0 saturated heterocycles. The molecule has 1 aromatic carbocycles. The highest BCUT2D eigenvalue weighted by atomic mass is 79.9. The van der Waals surface area contributed by atoms with Crippen LogP contribution in [0.1, 0.15) is 5.56 Å². The van der Waals surface area contributed by atoms with Crippen LogP contribution < -0.4 is 4.74 Å². The van der Waals surface area contributed by atoms with E-state index in [4.69, 9.17) is 4.74 Å². The van der Waals surface area contributed by atoms with Gasteiger partial charge in [-0.25, -0.2) is 4.79 Å². The zero-order chi connectivity index (χ0) is 12.1. The SMILES string of the molecule is C=C(COc1cc(Br)ccc1C)C(=O)OC. The lowest BCUT2D eigenvalue weighted by Crippen LogP contribution is -2.11. The first-order valence-corrected chi connectivity index (χ1v) is 5.49. The van der Waals surface area contributed by atoms with Gasteiger partial charge in [0.15, 0.2) is 0 Å². The normalized spacial score (nSPS) is 9.69. The number of carbonyl (C=O) groups excluding carboxylic acids is 1. The van der Waals surface area contributed by atoms with Crippen molar-refractivity contribution in [2.75, 3.05) is 13.7 Å². The Morgan fingerprint density at radius 3 is 2.81 bits per heavy atom. The molecule has 0 saturated carbocycles. The standard InChI is InChI=1S/C12H13BrO3/c1-8-4-5-10(13)6-11(8)16-7-9(2)12(14)15-3/h4-6H,2,7H2,1,3H3. The first-order valence-electron chi connectivity index (χ1n) is 4.69. The van der Waals surface area contributed by atoms with Gasteiger partial charge in [0.2, 0.25) is 0 Å². The Hall–Kier alpha value is -1.29. The second kappa shape index (κ2) is 5.70. The maximum Gasteiger partial charge on any atom is 0.336 e. The summed E-state index contributed by atoms with van der Waals surface area (Å²) < 4.78 is 10.9. The summed E-state index contributed by atoms with van der Waals surface area (Å²) in [5.41, 5.74) is 1.29. The van der Waals surface area contributed by atoms with Gasteiger partial charge in [-0.15, -0.1) is 0 Å². The number of carbonyl (C=O) groups is 1. The van der Waals surface area contributed by atoms with Crippen LogP contribution in [0, 0.1) is 6.92 Å². The van der Waals surface area contributed by atoms with E-state index in [0.29, 0.717) is 5.57 Å². The van der Waals surface area contributed by atoms with Crippen molar-refractivity contribution < 1.29 is 14.3 Å². The van der Waals surface area contributed by atoms with E-state index in [-0.39, 0.29) is 6.61 Å². The molecule has 4 heteroatoms. The number of halogens is 1. The molecule has 0 amide bonds. The van der Waals surface area contributed by atoms with Gasteiger partial charge in [0.1, 0.15) is 12.4 Å². The van der Waals surface area contributed by atoms with Gasteiger partial charge in [-0.1, -0.05) is 28.6 Å². The fourth-order valence-electron chi connectivity index (χ4n) is 1.10. The van der Waals surface area contributed by atoms with Crippen molar-refractivity contribution in [2.45, 2.75) is 6.92 Å². The first kappa shape index (κ1) is 12.8. The van der Waals surface area contributed by atoms with Gasteiger partial charge in [-0.2, -0.15) is 0 Å². The lowest BCUT2D eigenvalue weighted by atomic mass is 10.2. The van der Waals surface area contributed by atoms with E-state index in [1.807, 2.05) is 25.1 Å². The first-order chi connectivity index (χ1) is 7.54. The maximum atomic E-state index is 11.1. The van der Waals surface area contributed by atoms with Crippen LogP contribution in [0.4, 0.5) is 0 Å². The molecule has 0 aliphatic heterocycles. The van der Waals surface area contributed by atoms with Crippen LogP contribution in [0.25, 0.3) is 0 Å². The molecule has 0 heterocycles. The molecule has 0 atom stereocenters. The average Bonchev–Trinajstić information content (AvgIpc) is 2.28. The van der Waals surface area contributed by atoms with Crippen molar-refractivity contribution in [1.29, 1.82) is 0 Å². The number of hydrogen-bond donors (Lipinski definition) is 0. The average molecular weight is 285 g/mol. The Balaban J connectivity index is 2.64. The lowest BCUT2D eigenvalue weighted by Gasteiger charge is -2.10. The molecule has 0 radical (unpaired) electrons. The Morgan fingerprint density at radius 1 is 1.50 bits per heavy atom. The summed E-state index contributed by atoms with van der Waals surface area (Å²) in [5.74, 6) is 0.270. The second-order valence-electron chi connectivity index (χ2n) is 3.29. The summed E-state index contributed by atoms with van der Waals surface area (Å²) >= 11 is 3.35. The third-order valence-electron chi connectivity index (χ3n) is 2.03. The van der Waals surface area contributed by atoms with Gasteiger partial charge in [-0.05, 0) is 24.6 Å². The molecule has 0 bridgehead atoms. The van der Waals surface area contributed by atoms with Crippen LogP contribution in [0.3, 0.4) is 0 Å². The van der Waals surface area contributed by atoms with Gasteiger partial charge in [-0.3, -0.25) is 0 Å². The molecule has 0 aliphatic carbocycles. The number of rotatable bonds is 4. The van der Waals surface area contributed by atoms with Crippen molar-refractivity contribution in [1.82, 2.24) is 0 Å². The molecule has 86 valence electrons. The Morgan fingerprint density at radius 2 is 2.19 bits per heavy atom. The van der Waals surface area contributed by atoms with Crippen molar-refractivity contribution >= 4 is 21.9 Å². The van der Waals surface area contributed by atoms with Crippen LogP contribution in [-0.4, -0.2) is 19.7 Å². The number of methoxy groups -OCH3 is 1. The van der Waals surface area contributed by atoms with Crippen molar-refractivity contribution in [3.8, 4) is 5.75 Å². The number of esters is 1. The Labute approximate surface area is 103 Å². The molecule has 3 nitrogen and oxygen atoms in total. The monoisotopic (exact) mass is 284 g/mol. The molecule has 0 aromatic heterocycles. The molecule has 16 heavy (non-hydrogen) atoms. The number of ether oxygens (including phenoxy) is 2. The molecule has 0 fully saturated rings. The van der Waals surface area contributed by atoms with Gasteiger partial charge < -0.3 is 9.47 Å². The molecule has 1 rings (SSSR count). The number of hydrogen-bond acceptors (Lipinski definition) is 3. The van der Waals surface area contributed by atoms with E-state index in [1.165, 1.54) is 7.11 Å². The Bertz CT molecular complexity index is 413. The van der Waals surface area contributed by atoms with E-state index in [0.717, 1.165) is 15.8 Å². The molecule has 0 spiro atoms. The van der Waals surface area contributed by atoms with Crippen LogP contribution in [-0.2, 0) is 9.53 Å². The summed E-state index contributed by atoms with van der Waals surface area (Å²) in [6, 6.07) is 5.71. The van der Waals surface area contributed by atoms with Crippen LogP contribution in [0.15, 0.2) is 34.8 Å². The number of benzene rings is 1. The van der Waals surface area contributed by atoms with E-state index in [2.05, 4.69) is 27.2 Å². The molecule has 1 aromatic rings. The second-order valence-corrected chi connectivity index (χ2v) is 4.21. The fraction of sp³-hybridized carbons (Fsp3) is 0.250. The minimum Gasteiger partial charge on any atom is -0.488 e. The highest BCUT2D eigenvalue weighted by molar-refractivity contribution is 9.10. The topological polar surface area (TPSA) is 35.5 Å². The Kier molecular flexibility index (Phi) is 4.55. The highest BCUT2D eigenvalue weighted by Gasteiger charge is 2.08. The van der Waals surface area contributed by atoms with Gasteiger partial charge in [0.25, 0.3) is 0 Å². The van der Waals surface area contributed by atoms with Crippen molar-refractivity contribution in [3.05, 3.63) is 40.4 Å². The summed E-state index contributed by atoms with van der Waals surface area (Å²) in [7, 11) is 1.32. The summed E-state index contributed by atoms with van der Waals surface area (Å²) in [6.45, 7) is 5.64.